The van der Waals surface area contributed by atoms with Crippen LogP contribution in [0.3, 0.4) is 0 Å². The van der Waals surface area contributed by atoms with Crippen LogP contribution >= 0.6 is 23.2 Å². The Labute approximate surface area is 116 Å². The first-order valence-electron chi connectivity index (χ1n) is 5.31. The molecule has 0 aliphatic carbocycles. The third-order valence-corrected chi connectivity index (χ3v) is 2.74. The number of rotatable bonds is 4. The number of amides is 1. The molecule has 1 aromatic rings. The summed E-state index contributed by atoms with van der Waals surface area (Å²) in [6, 6.07) is 3.04. The van der Waals surface area contributed by atoms with Crippen LogP contribution in [0.1, 0.15) is 23.7 Å². The number of carbonyl (C=O) groups excluding carboxylic acids is 1. The quantitative estimate of drug-likeness (QED) is 0.682. The molecule has 3 nitrogen and oxygen atoms in total. The molecular weight excluding hydrogens is 273 g/mol. The number of hydrogen-bond donors (Lipinski definition) is 1. The van der Waals surface area contributed by atoms with E-state index in [1.165, 1.54) is 19.2 Å². The first-order chi connectivity index (χ1) is 8.60. The summed E-state index contributed by atoms with van der Waals surface area (Å²) in [6.07, 6.45) is 0.611. The standard InChI is InChI=1S/C13H13Cl2NO2/c1-3-4-5-6-16-13(17)9-7-10(14)12(18-2)11(15)8-9/h7-8H,5-6H2,1-2H3,(H,16,17). The molecule has 96 valence electrons. The van der Waals surface area contributed by atoms with Crippen LogP contribution in [0.25, 0.3) is 0 Å². The van der Waals surface area contributed by atoms with E-state index in [9.17, 15) is 4.79 Å². The minimum absolute atomic E-state index is 0.237. The Balaban J connectivity index is 2.77. The predicted molar refractivity (Wildman–Crippen MR) is 73.4 cm³/mol. The molecule has 1 N–H and O–H groups in total. The molecule has 0 saturated carbocycles. The Morgan fingerprint density at radius 1 is 1.39 bits per heavy atom. The van der Waals surface area contributed by atoms with Gasteiger partial charge in [0.15, 0.2) is 5.75 Å². The molecule has 0 spiro atoms. The van der Waals surface area contributed by atoms with Crippen molar-refractivity contribution in [1.82, 2.24) is 5.32 Å². The van der Waals surface area contributed by atoms with E-state index in [4.69, 9.17) is 27.9 Å². The number of hydrogen-bond acceptors (Lipinski definition) is 2. The summed E-state index contributed by atoms with van der Waals surface area (Å²) < 4.78 is 5.01. The highest BCUT2D eigenvalue weighted by Gasteiger charge is 2.12. The summed E-state index contributed by atoms with van der Waals surface area (Å²) in [6.45, 7) is 2.24. The maximum atomic E-state index is 11.8. The van der Waals surface area contributed by atoms with Crippen molar-refractivity contribution in [3.05, 3.63) is 27.7 Å². The van der Waals surface area contributed by atoms with Crippen molar-refractivity contribution in [3.8, 4) is 17.6 Å². The van der Waals surface area contributed by atoms with Crippen molar-refractivity contribution < 1.29 is 9.53 Å². The van der Waals surface area contributed by atoms with Crippen molar-refractivity contribution in [2.75, 3.05) is 13.7 Å². The Morgan fingerprint density at radius 3 is 2.50 bits per heavy atom. The van der Waals surface area contributed by atoms with E-state index in [-0.39, 0.29) is 5.91 Å². The Bertz CT molecular complexity index is 480. The highest BCUT2D eigenvalue weighted by Crippen LogP contribution is 2.33. The van der Waals surface area contributed by atoms with Crippen LogP contribution in [0, 0.1) is 11.8 Å². The average molecular weight is 286 g/mol. The highest BCUT2D eigenvalue weighted by molar-refractivity contribution is 6.37. The van der Waals surface area contributed by atoms with Gasteiger partial charge in [0.2, 0.25) is 0 Å². The fourth-order valence-electron chi connectivity index (χ4n) is 1.35. The monoisotopic (exact) mass is 285 g/mol. The summed E-state index contributed by atoms with van der Waals surface area (Å²) in [5, 5.41) is 3.34. The zero-order valence-corrected chi connectivity index (χ0v) is 11.7. The molecule has 1 amide bonds. The smallest absolute Gasteiger partial charge is 0.251 e. The van der Waals surface area contributed by atoms with Crippen LogP contribution in [0.2, 0.25) is 10.0 Å². The molecule has 0 aromatic heterocycles. The molecule has 0 saturated heterocycles. The van der Waals surface area contributed by atoms with Crippen LogP contribution < -0.4 is 10.1 Å². The molecule has 5 heteroatoms. The second-order valence-corrected chi connectivity index (χ2v) is 4.22. The van der Waals surface area contributed by atoms with Crippen LogP contribution in [-0.4, -0.2) is 19.6 Å². The Kier molecular flexibility index (Phi) is 5.84. The van der Waals surface area contributed by atoms with E-state index in [2.05, 4.69) is 17.2 Å². The minimum Gasteiger partial charge on any atom is -0.494 e. The van der Waals surface area contributed by atoms with Crippen molar-refractivity contribution in [2.24, 2.45) is 0 Å². The maximum Gasteiger partial charge on any atom is 0.251 e. The van der Waals surface area contributed by atoms with Crippen molar-refractivity contribution >= 4 is 29.1 Å². The summed E-state index contributed by atoms with van der Waals surface area (Å²) in [5.74, 6) is 5.74. The molecule has 0 fully saturated rings. The number of carbonyl (C=O) groups is 1. The van der Waals surface area contributed by atoms with Gasteiger partial charge in [0, 0.05) is 18.5 Å². The molecule has 0 atom stereocenters. The van der Waals surface area contributed by atoms with E-state index >= 15 is 0 Å². The molecule has 1 aromatic carbocycles. The third kappa shape index (κ3) is 3.83. The predicted octanol–water partition coefficient (Wildman–Crippen LogP) is 3.15. The van der Waals surface area contributed by atoms with Crippen LogP contribution in [0.5, 0.6) is 5.75 Å². The Hall–Kier alpha value is -1.37. The van der Waals surface area contributed by atoms with Crippen LogP contribution in [-0.2, 0) is 0 Å². The van der Waals surface area contributed by atoms with Gasteiger partial charge in [0.05, 0.1) is 17.2 Å². The summed E-state index contributed by atoms with van der Waals surface area (Å²) in [5.41, 5.74) is 0.398. The fourth-order valence-corrected chi connectivity index (χ4v) is 1.99. The lowest BCUT2D eigenvalue weighted by atomic mass is 10.2. The van der Waals surface area contributed by atoms with E-state index in [0.717, 1.165) is 0 Å². The summed E-state index contributed by atoms with van der Waals surface area (Å²) in [4.78, 5) is 11.8. The average Bonchev–Trinajstić information content (AvgIpc) is 2.34. The van der Waals surface area contributed by atoms with Gasteiger partial charge in [-0.2, -0.15) is 0 Å². The van der Waals surface area contributed by atoms with Crippen LogP contribution in [0.4, 0.5) is 0 Å². The SMILES string of the molecule is CC#CCCNC(=O)c1cc(Cl)c(OC)c(Cl)c1. The number of ether oxygens (including phenoxy) is 1. The largest absolute Gasteiger partial charge is 0.494 e. The Morgan fingerprint density at radius 2 is 2.00 bits per heavy atom. The zero-order chi connectivity index (χ0) is 13.5. The van der Waals surface area contributed by atoms with E-state index in [1.807, 2.05) is 0 Å². The minimum atomic E-state index is -0.237. The number of methoxy groups -OCH3 is 1. The van der Waals surface area contributed by atoms with E-state index in [0.29, 0.717) is 34.3 Å². The van der Waals surface area contributed by atoms with Gasteiger partial charge >= 0.3 is 0 Å². The molecule has 0 aliphatic heterocycles. The van der Waals surface area contributed by atoms with Crippen molar-refractivity contribution in [2.45, 2.75) is 13.3 Å². The second kappa shape index (κ2) is 7.15. The summed E-state index contributed by atoms with van der Waals surface area (Å²) >= 11 is 11.9. The van der Waals surface area contributed by atoms with Gasteiger partial charge in [-0.25, -0.2) is 0 Å². The van der Waals surface area contributed by atoms with Gasteiger partial charge in [-0.15, -0.1) is 11.8 Å². The molecule has 0 bridgehead atoms. The van der Waals surface area contributed by atoms with Gasteiger partial charge in [-0.3, -0.25) is 4.79 Å². The van der Waals surface area contributed by atoms with Gasteiger partial charge in [0.1, 0.15) is 0 Å². The first-order valence-corrected chi connectivity index (χ1v) is 6.06. The van der Waals surface area contributed by atoms with Crippen molar-refractivity contribution in [3.63, 3.8) is 0 Å². The first kappa shape index (κ1) is 14.7. The van der Waals surface area contributed by atoms with Crippen molar-refractivity contribution in [1.29, 1.82) is 0 Å². The van der Waals surface area contributed by atoms with Gasteiger partial charge < -0.3 is 10.1 Å². The lowest BCUT2D eigenvalue weighted by Gasteiger charge is -2.08. The second-order valence-electron chi connectivity index (χ2n) is 3.41. The molecule has 18 heavy (non-hydrogen) atoms. The molecule has 0 aliphatic rings. The van der Waals surface area contributed by atoms with Gasteiger partial charge in [-0.05, 0) is 19.1 Å². The van der Waals surface area contributed by atoms with E-state index in [1.54, 1.807) is 6.92 Å². The summed E-state index contributed by atoms with van der Waals surface area (Å²) in [7, 11) is 1.47. The number of nitrogens with one attached hydrogen (secondary N) is 1. The molecule has 1 rings (SSSR count). The zero-order valence-electron chi connectivity index (χ0n) is 10.1. The maximum absolute atomic E-state index is 11.8. The molecular formula is C13H13Cl2NO2. The van der Waals surface area contributed by atoms with E-state index < -0.39 is 0 Å². The topological polar surface area (TPSA) is 38.3 Å². The lowest BCUT2D eigenvalue weighted by Crippen LogP contribution is -2.24. The third-order valence-electron chi connectivity index (χ3n) is 2.18. The van der Waals surface area contributed by atoms with Crippen LogP contribution in [0.15, 0.2) is 12.1 Å². The number of benzene rings is 1. The molecule has 0 radical (unpaired) electrons. The molecule has 0 unspecified atom stereocenters. The normalized spacial score (nSPS) is 9.33. The van der Waals surface area contributed by atoms with Gasteiger partial charge in [0.25, 0.3) is 5.91 Å². The van der Waals surface area contributed by atoms with Gasteiger partial charge in [-0.1, -0.05) is 23.2 Å². The number of halogens is 2. The molecule has 0 heterocycles. The fraction of sp³-hybridized carbons (Fsp3) is 0.308. The lowest BCUT2D eigenvalue weighted by molar-refractivity contribution is 0.0954. The highest BCUT2D eigenvalue weighted by atomic mass is 35.5.